The Labute approximate surface area is 146 Å². The van der Waals surface area contributed by atoms with Gasteiger partial charge in [-0.05, 0) is 37.1 Å². The van der Waals surface area contributed by atoms with E-state index in [0.29, 0.717) is 5.75 Å². The molecule has 0 aliphatic heterocycles. The second-order valence-corrected chi connectivity index (χ2v) is 6.56. The number of nitriles is 1. The van der Waals surface area contributed by atoms with Crippen LogP contribution in [-0.2, 0) is 4.79 Å². The molecule has 1 aromatic heterocycles. The lowest BCUT2D eigenvalue weighted by atomic mass is 9.90. The Morgan fingerprint density at radius 2 is 1.96 bits per heavy atom. The highest BCUT2D eigenvalue weighted by atomic mass is 16.5. The third-order valence-corrected chi connectivity index (χ3v) is 4.50. The van der Waals surface area contributed by atoms with Crippen LogP contribution >= 0.6 is 0 Å². The van der Waals surface area contributed by atoms with Crippen LogP contribution in [0.25, 0.3) is 21.9 Å². The van der Waals surface area contributed by atoms with Gasteiger partial charge < -0.3 is 14.5 Å². The first-order valence-corrected chi connectivity index (χ1v) is 8.19. The van der Waals surface area contributed by atoms with Crippen molar-refractivity contribution in [3.63, 3.8) is 0 Å². The third kappa shape index (κ3) is 3.29. The van der Waals surface area contributed by atoms with Crippen LogP contribution in [0.5, 0.6) is 5.75 Å². The zero-order chi connectivity index (χ0) is 18.0. The van der Waals surface area contributed by atoms with Crippen LogP contribution in [0.3, 0.4) is 0 Å². The van der Waals surface area contributed by atoms with Crippen molar-refractivity contribution >= 4 is 27.8 Å². The van der Waals surface area contributed by atoms with Crippen LogP contribution < -0.4 is 10.1 Å². The molecule has 5 heteroatoms. The van der Waals surface area contributed by atoms with Gasteiger partial charge in [-0.3, -0.25) is 4.79 Å². The predicted molar refractivity (Wildman–Crippen MR) is 96.2 cm³/mol. The summed E-state index contributed by atoms with van der Waals surface area (Å²) in [6.07, 6.45) is 0. The monoisotopic (exact) mass is 336 g/mol. The molecule has 0 spiro atoms. The fourth-order valence-corrected chi connectivity index (χ4v) is 2.57. The van der Waals surface area contributed by atoms with E-state index in [-0.39, 0.29) is 18.4 Å². The lowest BCUT2D eigenvalue weighted by Crippen LogP contribution is -2.50. The molecule has 1 N–H and O–H groups in total. The summed E-state index contributed by atoms with van der Waals surface area (Å²) in [7, 11) is 0. The Bertz CT molecular complexity index is 968. The maximum absolute atomic E-state index is 12.1. The van der Waals surface area contributed by atoms with Gasteiger partial charge in [-0.2, -0.15) is 5.26 Å². The highest BCUT2D eigenvalue weighted by molar-refractivity contribution is 6.05. The van der Waals surface area contributed by atoms with Crippen LogP contribution in [0.2, 0.25) is 0 Å². The second kappa shape index (κ2) is 6.48. The molecule has 0 aliphatic rings. The number of rotatable bonds is 5. The minimum absolute atomic E-state index is 0.00454. The number of para-hydroxylation sites is 1. The van der Waals surface area contributed by atoms with Crippen molar-refractivity contribution in [3.05, 3.63) is 42.5 Å². The Morgan fingerprint density at radius 1 is 1.24 bits per heavy atom. The minimum Gasteiger partial charge on any atom is -0.484 e. The summed E-state index contributed by atoms with van der Waals surface area (Å²) >= 11 is 0. The van der Waals surface area contributed by atoms with E-state index in [0.717, 1.165) is 21.9 Å². The minimum atomic E-state index is -0.912. The van der Waals surface area contributed by atoms with Crippen molar-refractivity contribution in [3.8, 4) is 11.8 Å². The molecule has 3 rings (SSSR count). The number of benzene rings is 2. The molecule has 0 radical (unpaired) electrons. The van der Waals surface area contributed by atoms with Crippen LogP contribution in [0.15, 0.2) is 46.9 Å². The fraction of sp³-hybridized carbons (Fsp3) is 0.300. The molecule has 0 fully saturated rings. The molecule has 128 valence electrons. The molecule has 0 saturated heterocycles. The highest BCUT2D eigenvalue weighted by Crippen LogP contribution is 2.31. The summed E-state index contributed by atoms with van der Waals surface area (Å²) in [5.41, 5.74) is 0.675. The largest absolute Gasteiger partial charge is 0.484 e. The lowest BCUT2D eigenvalue weighted by Gasteiger charge is -2.27. The van der Waals surface area contributed by atoms with Gasteiger partial charge in [0, 0.05) is 10.8 Å². The van der Waals surface area contributed by atoms with Gasteiger partial charge in [-0.1, -0.05) is 32.0 Å². The third-order valence-electron chi connectivity index (χ3n) is 4.50. The predicted octanol–water partition coefficient (Wildman–Crippen LogP) is 4.02. The zero-order valence-electron chi connectivity index (χ0n) is 14.5. The first-order chi connectivity index (χ1) is 11.9. The van der Waals surface area contributed by atoms with E-state index in [1.807, 2.05) is 50.2 Å². The number of hydrogen-bond acceptors (Lipinski definition) is 4. The van der Waals surface area contributed by atoms with E-state index in [1.54, 1.807) is 13.0 Å². The van der Waals surface area contributed by atoms with Crippen molar-refractivity contribution in [2.45, 2.75) is 26.3 Å². The van der Waals surface area contributed by atoms with Crippen molar-refractivity contribution in [1.82, 2.24) is 5.32 Å². The molecule has 0 bridgehead atoms. The Morgan fingerprint density at radius 3 is 2.68 bits per heavy atom. The number of amides is 1. The van der Waals surface area contributed by atoms with Gasteiger partial charge >= 0.3 is 0 Å². The first-order valence-electron chi connectivity index (χ1n) is 8.19. The Hall–Kier alpha value is -3.00. The summed E-state index contributed by atoms with van der Waals surface area (Å²) in [6.45, 7) is 5.34. The molecule has 1 atom stereocenters. The van der Waals surface area contributed by atoms with Crippen LogP contribution in [0.4, 0.5) is 0 Å². The summed E-state index contributed by atoms with van der Waals surface area (Å²) in [4.78, 5) is 12.1. The molecular weight excluding hydrogens is 316 g/mol. The smallest absolute Gasteiger partial charge is 0.259 e. The average Bonchev–Trinajstić information content (AvgIpc) is 2.97. The van der Waals surface area contributed by atoms with E-state index in [2.05, 4.69) is 11.4 Å². The van der Waals surface area contributed by atoms with E-state index < -0.39 is 5.54 Å². The van der Waals surface area contributed by atoms with Crippen molar-refractivity contribution in [2.75, 3.05) is 6.61 Å². The molecule has 0 unspecified atom stereocenters. The van der Waals surface area contributed by atoms with Crippen molar-refractivity contribution < 1.29 is 13.9 Å². The number of carbonyl (C=O) groups is 1. The number of fused-ring (bicyclic) bond motifs is 3. The second-order valence-electron chi connectivity index (χ2n) is 6.56. The average molecular weight is 336 g/mol. The van der Waals surface area contributed by atoms with Gasteiger partial charge in [-0.15, -0.1) is 0 Å². The Balaban J connectivity index is 1.74. The molecule has 1 amide bonds. The number of nitrogens with zero attached hydrogens (tertiary/aromatic N) is 1. The summed E-state index contributed by atoms with van der Waals surface area (Å²) in [5.74, 6) is 0.252. The molecule has 3 aromatic rings. The lowest BCUT2D eigenvalue weighted by molar-refractivity contribution is -0.124. The highest BCUT2D eigenvalue weighted by Gasteiger charge is 2.30. The summed E-state index contributed by atoms with van der Waals surface area (Å²) < 4.78 is 11.4. The number of furan rings is 1. The molecule has 25 heavy (non-hydrogen) atoms. The normalized spacial score (nSPS) is 13.6. The number of hydrogen-bond donors (Lipinski definition) is 1. The molecule has 2 aromatic carbocycles. The standard InChI is InChI=1S/C20H20N2O3/c1-13(2)20(3,12-21)22-19(23)11-24-14-8-9-18-16(10-14)15-6-4-5-7-17(15)25-18/h4-10,13H,11H2,1-3H3,(H,22,23)/t20-/m1/s1. The Kier molecular flexibility index (Phi) is 4.37. The van der Waals surface area contributed by atoms with Gasteiger partial charge in [0.1, 0.15) is 22.5 Å². The molecule has 1 heterocycles. The van der Waals surface area contributed by atoms with Crippen LogP contribution in [-0.4, -0.2) is 18.1 Å². The summed E-state index contributed by atoms with van der Waals surface area (Å²) in [5, 5.41) is 13.9. The van der Waals surface area contributed by atoms with Crippen LogP contribution in [0, 0.1) is 17.2 Å². The quantitative estimate of drug-likeness (QED) is 0.763. The maximum atomic E-state index is 12.1. The van der Waals surface area contributed by atoms with Crippen LogP contribution in [0.1, 0.15) is 20.8 Å². The molecule has 5 nitrogen and oxygen atoms in total. The van der Waals surface area contributed by atoms with Gasteiger partial charge in [0.15, 0.2) is 6.61 Å². The molecule has 0 saturated carbocycles. The maximum Gasteiger partial charge on any atom is 0.259 e. The van der Waals surface area contributed by atoms with Gasteiger partial charge in [0.25, 0.3) is 5.91 Å². The summed E-state index contributed by atoms with van der Waals surface area (Å²) in [6, 6.07) is 15.4. The topological polar surface area (TPSA) is 75.3 Å². The number of nitrogens with one attached hydrogen (secondary N) is 1. The van der Waals surface area contributed by atoms with Gasteiger partial charge in [-0.25, -0.2) is 0 Å². The fourth-order valence-electron chi connectivity index (χ4n) is 2.57. The molecule has 0 aliphatic carbocycles. The number of carbonyl (C=O) groups excluding carboxylic acids is 1. The number of ether oxygens (including phenoxy) is 1. The molecular formula is C20H20N2O3. The van der Waals surface area contributed by atoms with E-state index in [9.17, 15) is 10.1 Å². The van der Waals surface area contributed by atoms with E-state index in [4.69, 9.17) is 9.15 Å². The van der Waals surface area contributed by atoms with Gasteiger partial charge in [0.05, 0.1) is 6.07 Å². The zero-order valence-corrected chi connectivity index (χ0v) is 14.5. The SMILES string of the molecule is CC(C)[C@@](C)(C#N)NC(=O)COc1ccc2oc3ccccc3c2c1. The van der Waals surface area contributed by atoms with E-state index >= 15 is 0 Å². The van der Waals surface area contributed by atoms with Crippen molar-refractivity contribution in [1.29, 1.82) is 5.26 Å². The van der Waals surface area contributed by atoms with Crippen molar-refractivity contribution in [2.24, 2.45) is 5.92 Å². The van der Waals surface area contributed by atoms with Gasteiger partial charge in [0.2, 0.25) is 0 Å². The first kappa shape index (κ1) is 16.8. The van der Waals surface area contributed by atoms with E-state index in [1.165, 1.54) is 0 Å².